The standard InChI is InChI=1S/C21H19N5O3/c1-13(14-8-10-15(11-9-14)26-12-4-7-18(26)27)22-25-21(29)19-16-5-2-3-6-17(16)20(28)24-23-19/h2-3,5-6,8-11H,4,7,12H2,1H3,(H,24,28)(H,25,29)/b22-13-. The molecule has 0 unspecified atom stereocenters. The van der Waals surface area contributed by atoms with E-state index >= 15 is 0 Å². The molecule has 1 aliphatic rings. The third-order valence-electron chi connectivity index (χ3n) is 4.91. The number of fused-ring (bicyclic) bond motifs is 1. The molecule has 2 N–H and O–H groups in total. The fourth-order valence-electron chi connectivity index (χ4n) is 3.34. The van der Waals surface area contributed by atoms with Crippen LogP contribution in [0.4, 0.5) is 5.69 Å². The second-order valence-corrected chi connectivity index (χ2v) is 6.78. The lowest BCUT2D eigenvalue weighted by Crippen LogP contribution is -2.24. The number of benzene rings is 2. The molecule has 0 saturated carbocycles. The van der Waals surface area contributed by atoms with Crippen molar-refractivity contribution in [1.82, 2.24) is 15.6 Å². The van der Waals surface area contributed by atoms with Crippen LogP contribution in [0.5, 0.6) is 0 Å². The molecule has 0 bridgehead atoms. The molecule has 8 heteroatoms. The van der Waals surface area contributed by atoms with Gasteiger partial charge in [0.15, 0.2) is 5.69 Å². The summed E-state index contributed by atoms with van der Waals surface area (Å²) in [5, 5.41) is 11.2. The Kier molecular flexibility index (Phi) is 4.90. The van der Waals surface area contributed by atoms with Gasteiger partial charge in [-0.1, -0.05) is 30.3 Å². The number of hydrogen-bond acceptors (Lipinski definition) is 5. The highest BCUT2D eigenvalue weighted by atomic mass is 16.2. The molecular formula is C21H19N5O3. The number of aromatic amines is 1. The average Bonchev–Trinajstić information content (AvgIpc) is 3.18. The fourth-order valence-corrected chi connectivity index (χ4v) is 3.34. The van der Waals surface area contributed by atoms with Gasteiger partial charge in [0.25, 0.3) is 11.5 Å². The number of nitrogens with zero attached hydrogens (tertiary/aromatic N) is 3. The van der Waals surface area contributed by atoms with Crippen molar-refractivity contribution in [2.45, 2.75) is 19.8 Å². The maximum atomic E-state index is 12.5. The zero-order chi connectivity index (χ0) is 20.4. The lowest BCUT2D eigenvalue weighted by molar-refractivity contribution is -0.117. The number of rotatable bonds is 4. The fraction of sp³-hybridized carbons (Fsp3) is 0.190. The first kappa shape index (κ1) is 18.5. The zero-order valence-corrected chi connectivity index (χ0v) is 15.8. The lowest BCUT2D eigenvalue weighted by Gasteiger charge is -2.15. The molecular weight excluding hydrogens is 370 g/mol. The number of anilines is 1. The topological polar surface area (TPSA) is 108 Å². The van der Waals surface area contributed by atoms with Gasteiger partial charge in [-0.2, -0.15) is 10.2 Å². The van der Waals surface area contributed by atoms with E-state index in [-0.39, 0.29) is 17.2 Å². The van der Waals surface area contributed by atoms with Gasteiger partial charge >= 0.3 is 0 Å². The van der Waals surface area contributed by atoms with Crippen molar-refractivity contribution in [3.05, 3.63) is 70.1 Å². The van der Waals surface area contributed by atoms with Gasteiger partial charge in [-0.15, -0.1) is 0 Å². The predicted octanol–water partition coefficient (Wildman–Crippen LogP) is 2.20. The van der Waals surface area contributed by atoms with E-state index in [1.54, 1.807) is 36.1 Å². The number of amides is 2. The van der Waals surface area contributed by atoms with Crippen molar-refractivity contribution < 1.29 is 9.59 Å². The highest BCUT2D eigenvalue weighted by Crippen LogP contribution is 2.21. The summed E-state index contributed by atoms with van der Waals surface area (Å²) in [6, 6.07) is 14.2. The maximum Gasteiger partial charge on any atom is 0.292 e. The van der Waals surface area contributed by atoms with Crippen molar-refractivity contribution in [1.29, 1.82) is 0 Å². The third kappa shape index (κ3) is 3.64. The monoisotopic (exact) mass is 389 g/mol. The van der Waals surface area contributed by atoms with E-state index in [1.165, 1.54) is 0 Å². The Morgan fingerprint density at radius 3 is 2.52 bits per heavy atom. The van der Waals surface area contributed by atoms with Crippen molar-refractivity contribution in [3.8, 4) is 0 Å². The van der Waals surface area contributed by atoms with Gasteiger partial charge in [0.05, 0.1) is 11.1 Å². The van der Waals surface area contributed by atoms with E-state index in [9.17, 15) is 14.4 Å². The van der Waals surface area contributed by atoms with Crippen LogP contribution in [0.25, 0.3) is 10.8 Å². The molecule has 4 rings (SSSR count). The first-order valence-electron chi connectivity index (χ1n) is 9.27. The summed E-state index contributed by atoms with van der Waals surface area (Å²) in [4.78, 5) is 38.0. The SMILES string of the molecule is C/C(=N/NC(=O)c1n[nH]c(=O)c2ccccc12)c1ccc(N2CCCC2=O)cc1. The molecule has 2 amide bonds. The number of hydrazone groups is 1. The Morgan fingerprint density at radius 2 is 1.83 bits per heavy atom. The smallest absolute Gasteiger partial charge is 0.292 e. The molecule has 0 spiro atoms. The molecule has 8 nitrogen and oxygen atoms in total. The second kappa shape index (κ2) is 7.67. The number of H-pyrrole nitrogens is 1. The van der Waals surface area contributed by atoms with Crippen LogP contribution in [0.15, 0.2) is 58.4 Å². The molecule has 0 aliphatic carbocycles. The maximum absolute atomic E-state index is 12.5. The Bertz CT molecular complexity index is 1180. The van der Waals surface area contributed by atoms with Crippen molar-refractivity contribution in [2.75, 3.05) is 11.4 Å². The van der Waals surface area contributed by atoms with Crippen LogP contribution in [0, 0.1) is 0 Å². The molecule has 0 radical (unpaired) electrons. The quantitative estimate of drug-likeness (QED) is 0.527. The van der Waals surface area contributed by atoms with E-state index in [4.69, 9.17) is 0 Å². The molecule has 2 aromatic carbocycles. The Hall–Kier alpha value is -3.81. The van der Waals surface area contributed by atoms with E-state index in [2.05, 4.69) is 20.7 Å². The summed E-state index contributed by atoms with van der Waals surface area (Å²) in [7, 11) is 0. The molecule has 0 atom stereocenters. The number of carbonyl (C=O) groups is 2. The summed E-state index contributed by atoms with van der Waals surface area (Å²) in [6.45, 7) is 2.51. The lowest BCUT2D eigenvalue weighted by atomic mass is 10.1. The Balaban J connectivity index is 1.52. The number of nitrogens with one attached hydrogen (secondary N) is 2. The van der Waals surface area contributed by atoms with Gasteiger partial charge in [0.2, 0.25) is 5.91 Å². The van der Waals surface area contributed by atoms with Gasteiger partial charge in [-0.05, 0) is 37.1 Å². The second-order valence-electron chi connectivity index (χ2n) is 6.78. The zero-order valence-electron chi connectivity index (χ0n) is 15.8. The van der Waals surface area contributed by atoms with Crippen LogP contribution in [0.2, 0.25) is 0 Å². The van der Waals surface area contributed by atoms with Gasteiger partial charge in [-0.3, -0.25) is 14.4 Å². The van der Waals surface area contributed by atoms with Crippen LogP contribution >= 0.6 is 0 Å². The van der Waals surface area contributed by atoms with Gasteiger partial charge in [-0.25, -0.2) is 10.5 Å². The van der Waals surface area contributed by atoms with E-state index in [1.807, 2.05) is 24.3 Å². The first-order valence-corrected chi connectivity index (χ1v) is 9.27. The number of hydrogen-bond donors (Lipinski definition) is 2. The largest absolute Gasteiger partial charge is 0.312 e. The van der Waals surface area contributed by atoms with Crippen LogP contribution in [-0.4, -0.2) is 34.3 Å². The minimum atomic E-state index is -0.518. The minimum absolute atomic E-state index is 0.0969. The highest BCUT2D eigenvalue weighted by Gasteiger charge is 2.21. The van der Waals surface area contributed by atoms with E-state index < -0.39 is 5.91 Å². The van der Waals surface area contributed by atoms with Crippen LogP contribution in [-0.2, 0) is 4.79 Å². The van der Waals surface area contributed by atoms with Gasteiger partial charge < -0.3 is 4.90 Å². The Labute approximate surface area is 166 Å². The van der Waals surface area contributed by atoms with Crippen molar-refractivity contribution in [2.24, 2.45) is 5.10 Å². The molecule has 1 fully saturated rings. The van der Waals surface area contributed by atoms with Crippen molar-refractivity contribution >= 4 is 34.0 Å². The molecule has 3 aromatic rings. The molecule has 2 heterocycles. The Morgan fingerprint density at radius 1 is 1.10 bits per heavy atom. The van der Waals surface area contributed by atoms with Crippen LogP contribution < -0.4 is 15.9 Å². The van der Waals surface area contributed by atoms with E-state index in [0.717, 1.165) is 24.2 Å². The van der Waals surface area contributed by atoms with Crippen LogP contribution in [0.1, 0.15) is 35.8 Å². The van der Waals surface area contributed by atoms with E-state index in [0.29, 0.717) is 22.9 Å². The highest BCUT2D eigenvalue weighted by molar-refractivity contribution is 6.06. The predicted molar refractivity (Wildman–Crippen MR) is 110 cm³/mol. The number of aromatic nitrogens is 2. The summed E-state index contributed by atoms with van der Waals surface area (Å²) in [6.07, 6.45) is 1.46. The summed E-state index contributed by atoms with van der Waals surface area (Å²) >= 11 is 0. The summed E-state index contributed by atoms with van der Waals surface area (Å²) < 4.78 is 0. The minimum Gasteiger partial charge on any atom is -0.312 e. The first-order chi connectivity index (χ1) is 14.0. The normalized spacial score (nSPS) is 14.4. The molecule has 1 saturated heterocycles. The molecule has 1 aliphatic heterocycles. The molecule has 29 heavy (non-hydrogen) atoms. The number of carbonyl (C=O) groups excluding carboxylic acids is 2. The molecule has 146 valence electrons. The van der Waals surface area contributed by atoms with Gasteiger partial charge in [0.1, 0.15) is 0 Å². The van der Waals surface area contributed by atoms with Crippen LogP contribution in [0.3, 0.4) is 0 Å². The summed E-state index contributed by atoms with van der Waals surface area (Å²) in [5.74, 6) is -0.382. The third-order valence-corrected chi connectivity index (χ3v) is 4.91. The van der Waals surface area contributed by atoms with Gasteiger partial charge in [0, 0.05) is 24.0 Å². The summed E-state index contributed by atoms with van der Waals surface area (Å²) in [5.41, 5.74) is 4.51. The average molecular weight is 389 g/mol. The molecule has 1 aromatic heterocycles. The van der Waals surface area contributed by atoms with Crippen molar-refractivity contribution in [3.63, 3.8) is 0 Å².